The van der Waals surface area contributed by atoms with Gasteiger partial charge in [-0.2, -0.15) is 0 Å². The van der Waals surface area contributed by atoms with Crippen molar-refractivity contribution in [2.75, 3.05) is 6.54 Å². The van der Waals surface area contributed by atoms with Gasteiger partial charge < -0.3 is 9.73 Å². The summed E-state index contributed by atoms with van der Waals surface area (Å²) in [5.74, 6) is 1.04. The van der Waals surface area contributed by atoms with Crippen molar-refractivity contribution in [3.8, 4) is 11.5 Å². The fourth-order valence-corrected chi connectivity index (χ4v) is 2.46. The van der Waals surface area contributed by atoms with Crippen LogP contribution in [-0.2, 0) is 0 Å². The van der Waals surface area contributed by atoms with Crippen LogP contribution in [0.5, 0.6) is 0 Å². The van der Waals surface area contributed by atoms with Gasteiger partial charge in [0.2, 0.25) is 11.8 Å². The molecule has 18 heavy (non-hydrogen) atoms. The smallest absolute Gasteiger partial charge is 0.247 e. The SMILES string of the molecule is CCNC(C)c1nnc(-c2cc(Cl)cc(Br)c2)o1. The van der Waals surface area contributed by atoms with Crippen molar-refractivity contribution in [1.82, 2.24) is 15.5 Å². The van der Waals surface area contributed by atoms with E-state index in [-0.39, 0.29) is 6.04 Å². The van der Waals surface area contributed by atoms with Gasteiger partial charge in [-0.3, -0.25) is 0 Å². The van der Waals surface area contributed by atoms with Crippen LogP contribution in [0.15, 0.2) is 27.1 Å². The van der Waals surface area contributed by atoms with Crippen LogP contribution in [0.1, 0.15) is 25.8 Å². The molecule has 0 aliphatic carbocycles. The molecule has 96 valence electrons. The van der Waals surface area contributed by atoms with Gasteiger partial charge in [-0.25, -0.2) is 0 Å². The molecule has 0 amide bonds. The molecule has 0 saturated heterocycles. The van der Waals surface area contributed by atoms with E-state index in [2.05, 4.69) is 31.4 Å². The lowest BCUT2D eigenvalue weighted by Crippen LogP contribution is -2.17. The molecule has 1 aromatic heterocycles. The lowest BCUT2D eigenvalue weighted by atomic mass is 10.2. The van der Waals surface area contributed by atoms with Gasteiger partial charge in [0.25, 0.3) is 0 Å². The molecule has 1 heterocycles. The summed E-state index contributed by atoms with van der Waals surface area (Å²) in [5.41, 5.74) is 0.803. The number of benzene rings is 1. The van der Waals surface area contributed by atoms with Gasteiger partial charge in [0.05, 0.1) is 6.04 Å². The molecule has 0 radical (unpaired) electrons. The van der Waals surface area contributed by atoms with Gasteiger partial charge in [-0.1, -0.05) is 34.5 Å². The average molecular weight is 331 g/mol. The zero-order chi connectivity index (χ0) is 13.1. The van der Waals surface area contributed by atoms with E-state index < -0.39 is 0 Å². The first kappa shape index (κ1) is 13.5. The number of hydrogen-bond acceptors (Lipinski definition) is 4. The van der Waals surface area contributed by atoms with Crippen molar-refractivity contribution in [3.05, 3.63) is 33.6 Å². The first-order valence-corrected chi connectivity index (χ1v) is 6.80. The molecule has 0 saturated carbocycles. The second-order valence-electron chi connectivity index (χ2n) is 3.88. The standard InChI is InChI=1S/C12H13BrClN3O/c1-3-15-7(2)11-16-17-12(18-11)8-4-9(13)6-10(14)5-8/h4-7,15H,3H2,1-2H3. The summed E-state index contributed by atoms with van der Waals surface area (Å²) in [4.78, 5) is 0. The molecule has 1 aromatic carbocycles. The van der Waals surface area contributed by atoms with Crippen molar-refractivity contribution in [1.29, 1.82) is 0 Å². The van der Waals surface area contributed by atoms with Crippen LogP contribution in [0.2, 0.25) is 5.02 Å². The maximum atomic E-state index is 5.99. The summed E-state index contributed by atoms with van der Waals surface area (Å²) in [5, 5.41) is 11.9. The van der Waals surface area contributed by atoms with Crippen molar-refractivity contribution in [3.63, 3.8) is 0 Å². The predicted octanol–water partition coefficient (Wildman–Crippen LogP) is 3.82. The molecule has 0 fully saturated rings. The Morgan fingerprint density at radius 1 is 1.39 bits per heavy atom. The van der Waals surface area contributed by atoms with Crippen LogP contribution in [0.25, 0.3) is 11.5 Å². The topological polar surface area (TPSA) is 51.0 Å². The average Bonchev–Trinajstić information content (AvgIpc) is 2.77. The molecular formula is C12H13BrClN3O. The molecule has 1 unspecified atom stereocenters. The van der Waals surface area contributed by atoms with Crippen LogP contribution in [-0.4, -0.2) is 16.7 Å². The molecule has 1 atom stereocenters. The van der Waals surface area contributed by atoms with E-state index >= 15 is 0 Å². The van der Waals surface area contributed by atoms with E-state index in [1.165, 1.54) is 0 Å². The van der Waals surface area contributed by atoms with E-state index in [9.17, 15) is 0 Å². The highest BCUT2D eigenvalue weighted by molar-refractivity contribution is 9.10. The third kappa shape index (κ3) is 3.10. The van der Waals surface area contributed by atoms with Gasteiger partial charge in [-0.05, 0) is 31.7 Å². The molecule has 4 nitrogen and oxygen atoms in total. The highest BCUT2D eigenvalue weighted by Gasteiger charge is 2.14. The predicted molar refractivity (Wildman–Crippen MR) is 74.5 cm³/mol. The van der Waals surface area contributed by atoms with Crippen LogP contribution in [0.4, 0.5) is 0 Å². The van der Waals surface area contributed by atoms with E-state index in [4.69, 9.17) is 16.0 Å². The Morgan fingerprint density at radius 2 is 2.17 bits per heavy atom. The second-order valence-corrected chi connectivity index (χ2v) is 5.24. The summed E-state index contributed by atoms with van der Waals surface area (Å²) in [6, 6.07) is 5.53. The number of rotatable bonds is 4. The molecule has 2 aromatic rings. The summed E-state index contributed by atoms with van der Waals surface area (Å²) in [6.07, 6.45) is 0. The van der Waals surface area contributed by atoms with Crippen molar-refractivity contribution < 1.29 is 4.42 Å². The van der Waals surface area contributed by atoms with E-state index in [0.29, 0.717) is 16.8 Å². The summed E-state index contributed by atoms with van der Waals surface area (Å²) in [6.45, 7) is 4.86. The molecule has 0 aliphatic heterocycles. The summed E-state index contributed by atoms with van der Waals surface area (Å²) >= 11 is 9.37. The van der Waals surface area contributed by atoms with Crippen molar-refractivity contribution in [2.24, 2.45) is 0 Å². The fourth-order valence-electron chi connectivity index (χ4n) is 1.60. The number of nitrogens with one attached hydrogen (secondary N) is 1. The highest BCUT2D eigenvalue weighted by Crippen LogP contribution is 2.27. The van der Waals surface area contributed by atoms with Crippen molar-refractivity contribution >= 4 is 27.5 Å². The Bertz CT molecular complexity index is 524. The minimum atomic E-state index is 0.0406. The molecule has 0 bridgehead atoms. The largest absolute Gasteiger partial charge is 0.419 e. The maximum absolute atomic E-state index is 5.99. The minimum absolute atomic E-state index is 0.0406. The maximum Gasteiger partial charge on any atom is 0.247 e. The molecule has 0 aliphatic rings. The Kier molecular flexibility index (Phi) is 4.37. The van der Waals surface area contributed by atoms with Gasteiger partial charge in [0.15, 0.2) is 0 Å². The normalized spacial score (nSPS) is 12.7. The van der Waals surface area contributed by atoms with Crippen LogP contribution in [0, 0.1) is 0 Å². The minimum Gasteiger partial charge on any atom is -0.419 e. The van der Waals surface area contributed by atoms with Crippen LogP contribution < -0.4 is 5.32 Å². The van der Waals surface area contributed by atoms with E-state index in [1.807, 2.05) is 26.0 Å². The number of nitrogens with zero attached hydrogens (tertiary/aromatic N) is 2. The fraction of sp³-hybridized carbons (Fsp3) is 0.333. The van der Waals surface area contributed by atoms with Crippen molar-refractivity contribution in [2.45, 2.75) is 19.9 Å². The van der Waals surface area contributed by atoms with E-state index in [0.717, 1.165) is 16.6 Å². The molecule has 6 heteroatoms. The van der Waals surface area contributed by atoms with Gasteiger partial charge in [0, 0.05) is 15.1 Å². The first-order chi connectivity index (χ1) is 8.60. The zero-order valence-corrected chi connectivity index (χ0v) is 12.4. The number of halogens is 2. The highest BCUT2D eigenvalue weighted by atomic mass is 79.9. The lowest BCUT2D eigenvalue weighted by Gasteiger charge is -2.05. The van der Waals surface area contributed by atoms with Crippen LogP contribution >= 0.6 is 27.5 Å². The van der Waals surface area contributed by atoms with Gasteiger partial charge in [0.1, 0.15) is 0 Å². The number of aromatic nitrogens is 2. The second kappa shape index (κ2) is 5.82. The Morgan fingerprint density at radius 3 is 2.83 bits per heavy atom. The number of hydrogen-bond donors (Lipinski definition) is 1. The third-order valence-corrected chi connectivity index (χ3v) is 3.11. The first-order valence-electron chi connectivity index (χ1n) is 5.63. The Labute approximate surface area is 119 Å². The Hall–Kier alpha value is -0.910. The third-order valence-electron chi connectivity index (χ3n) is 2.43. The Balaban J connectivity index is 2.29. The monoisotopic (exact) mass is 329 g/mol. The molecule has 2 rings (SSSR count). The molecule has 1 N–H and O–H groups in total. The zero-order valence-electron chi connectivity index (χ0n) is 10.1. The molecular weight excluding hydrogens is 318 g/mol. The van der Waals surface area contributed by atoms with Gasteiger partial charge >= 0.3 is 0 Å². The lowest BCUT2D eigenvalue weighted by molar-refractivity contribution is 0.429. The molecule has 0 spiro atoms. The summed E-state index contributed by atoms with van der Waals surface area (Å²) in [7, 11) is 0. The van der Waals surface area contributed by atoms with E-state index in [1.54, 1.807) is 6.07 Å². The summed E-state index contributed by atoms with van der Waals surface area (Å²) < 4.78 is 6.51. The van der Waals surface area contributed by atoms with Gasteiger partial charge in [-0.15, -0.1) is 10.2 Å². The van der Waals surface area contributed by atoms with Crippen LogP contribution in [0.3, 0.4) is 0 Å². The quantitative estimate of drug-likeness (QED) is 0.926.